The zero-order chi connectivity index (χ0) is 24.0. The van der Waals surface area contributed by atoms with E-state index in [4.69, 9.17) is 14.2 Å². The van der Waals surface area contributed by atoms with Gasteiger partial charge in [-0.1, -0.05) is 30.3 Å². The Hall–Kier alpha value is -2.93. The van der Waals surface area contributed by atoms with Gasteiger partial charge in [-0.05, 0) is 68.4 Å². The smallest absolute Gasteiger partial charge is 0.325 e. The van der Waals surface area contributed by atoms with Crippen LogP contribution in [0.25, 0.3) is 0 Å². The van der Waals surface area contributed by atoms with Crippen LogP contribution in [0.4, 0.5) is 4.39 Å². The van der Waals surface area contributed by atoms with Crippen molar-refractivity contribution in [2.45, 2.75) is 58.0 Å². The SMILES string of the molecule is O=C(CNC(=O)C12CC3CC(CC(C3)C1)C2)OCc1cc(F)cc2c1OC(c1ccccc1)OC2. The van der Waals surface area contributed by atoms with E-state index in [0.29, 0.717) is 34.6 Å². The highest BCUT2D eigenvalue weighted by atomic mass is 19.1. The summed E-state index contributed by atoms with van der Waals surface area (Å²) in [7, 11) is 0. The molecule has 2 aromatic carbocycles. The number of hydrogen-bond acceptors (Lipinski definition) is 5. The number of hydrogen-bond donors (Lipinski definition) is 1. The number of carbonyl (C=O) groups is 2. The molecule has 0 aromatic heterocycles. The van der Waals surface area contributed by atoms with Gasteiger partial charge in [-0.25, -0.2) is 4.39 Å². The number of carbonyl (C=O) groups excluding carboxylic acids is 2. The van der Waals surface area contributed by atoms with Crippen molar-refractivity contribution in [2.75, 3.05) is 6.54 Å². The third kappa shape index (κ3) is 4.42. The van der Waals surface area contributed by atoms with Crippen LogP contribution in [0, 0.1) is 29.0 Å². The first-order valence-electron chi connectivity index (χ1n) is 12.6. The normalized spacial score (nSPS) is 30.3. The monoisotopic (exact) mass is 479 g/mol. The van der Waals surface area contributed by atoms with E-state index in [-0.39, 0.29) is 31.1 Å². The maximum atomic E-state index is 14.2. The summed E-state index contributed by atoms with van der Waals surface area (Å²) in [5, 5.41) is 2.84. The standard InChI is InChI=1S/C28H30FNO5/c29-23-9-21(25-22(10-23)16-34-26(35-25)20-4-2-1-3-5-20)15-33-24(31)14-30-27(32)28-11-17-6-18(12-28)8-19(7-17)13-28/h1-5,9-10,17-19,26H,6-8,11-16H2,(H,30,32). The largest absolute Gasteiger partial charge is 0.460 e. The lowest BCUT2D eigenvalue weighted by Crippen LogP contribution is -2.54. The van der Waals surface area contributed by atoms with Crippen molar-refractivity contribution in [3.8, 4) is 5.75 Å². The van der Waals surface area contributed by atoms with Crippen molar-refractivity contribution in [1.29, 1.82) is 0 Å². The minimum Gasteiger partial charge on any atom is -0.460 e. The summed E-state index contributed by atoms with van der Waals surface area (Å²) < 4.78 is 31.4. The molecule has 4 saturated carbocycles. The van der Waals surface area contributed by atoms with Gasteiger partial charge in [0.05, 0.1) is 6.61 Å². The van der Waals surface area contributed by atoms with Crippen molar-refractivity contribution >= 4 is 11.9 Å². The second kappa shape index (κ2) is 8.94. The highest BCUT2D eigenvalue weighted by molar-refractivity contribution is 5.86. The number of halogens is 1. The van der Waals surface area contributed by atoms with Gasteiger partial charge in [0.15, 0.2) is 0 Å². The molecule has 0 saturated heterocycles. The molecule has 4 aliphatic carbocycles. The predicted octanol–water partition coefficient (Wildman–Crippen LogP) is 4.81. The zero-order valence-corrected chi connectivity index (χ0v) is 19.6. The second-order valence-electron chi connectivity index (χ2n) is 10.8. The van der Waals surface area contributed by atoms with E-state index in [0.717, 1.165) is 24.8 Å². The van der Waals surface area contributed by atoms with E-state index in [2.05, 4.69) is 5.32 Å². The molecule has 0 radical (unpaired) electrons. The lowest BCUT2D eigenvalue weighted by molar-refractivity contribution is -0.151. The molecule has 4 bridgehead atoms. The van der Waals surface area contributed by atoms with Gasteiger partial charge in [-0.15, -0.1) is 0 Å². The van der Waals surface area contributed by atoms with Gasteiger partial charge >= 0.3 is 5.97 Å². The van der Waals surface area contributed by atoms with Crippen molar-refractivity contribution in [3.05, 3.63) is 65.0 Å². The first-order valence-corrected chi connectivity index (χ1v) is 12.6. The molecule has 0 spiro atoms. The highest BCUT2D eigenvalue weighted by Crippen LogP contribution is 2.60. The van der Waals surface area contributed by atoms with Crippen LogP contribution < -0.4 is 10.1 Å². The van der Waals surface area contributed by atoms with Crippen molar-refractivity contribution < 1.29 is 28.2 Å². The van der Waals surface area contributed by atoms with Gasteiger partial charge in [0.1, 0.15) is 24.7 Å². The van der Waals surface area contributed by atoms with Gasteiger partial charge in [0.2, 0.25) is 12.2 Å². The summed E-state index contributed by atoms with van der Waals surface area (Å²) in [5.74, 6) is 1.42. The fourth-order valence-electron chi connectivity index (χ4n) is 7.10. The molecule has 1 N–H and O–H groups in total. The van der Waals surface area contributed by atoms with Gasteiger partial charge < -0.3 is 19.5 Å². The van der Waals surface area contributed by atoms with Crippen LogP contribution in [-0.4, -0.2) is 18.4 Å². The maximum Gasteiger partial charge on any atom is 0.325 e. The summed E-state index contributed by atoms with van der Waals surface area (Å²) in [4.78, 5) is 25.6. The molecule has 1 atom stereocenters. The maximum absolute atomic E-state index is 14.2. The van der Waals surface area contributed by atoms with E-state index >= 15 is 0 Å². The number of esters is 1. The van der Waals surface area contributed by atoms with Crippen molar-refractivity contribution in [1.82, 2.24) is 5.32 Å². The fourth-order valence-corrected chi connectivity index (χ4v) is 7.10. The van der Waals surface area contributed by atoms with E-state index in [1.165, 1.54) is 31.4 Å². The Bertz CT molecular complexity index is 1100. The molecule has 6 nitrogen and oxygen atoms in total. The molecule has 1 heterocycles. The van der Waals surface area contributed by atoms with Gasteiger partial charge in [-0.2, -0.15) is 0 Å². The number of rotatable bonds is 6. The summed E-state index contributed by atoms with van der Waals surface area (Å²) >= 11 is 0. The Morgan fingerprint density at radius 3 is 2.40 bits per heavy atom. The molecule has 2 aromatic rings. The number of nitrogens with one attached hydrogen (secondary N) is 1. The minimum atomic E-state index is -0.622. The Kier molecular flexibility index (Phi) is 5.75. The molecule has 1 amide bonds. The molecular formula is C28H30FNO5. The third-order valence-electron chi connectivity index (χ3n) is 8.20. The highest BCUT2D eigenvalue weighted by Gasteiger charge is 2.54. The molecule has 4 fully saturated rings. The van der Waals surface area contributed by atoms with E-state index in [1.807, 2.05) is 30.3 Å². The van der Waals surface area contributed by atoms with Crippen LogP contribution in [0.5, 0.6) is 5.75 Å². The Morgan fingerprint density at radius 1 is 1.03 bits per heavy atom. The average Bonchev–Trinajstić information content (AvgIpc) is 2.85. The molecule has 1 aliphatic heterocycles. The van der Waals surface area contributed by atoms with Crippen LogP contribution in [-0.2, 0) is 32.3 Å². The number of ether oxygens (including phenoxy) is 3. The van der Waals surface area contributed by atoms with Crippen LogP contribution in [0.3, 0.4) is 0 Å². The third-order valence-corrected chi connectivity index (χ3v) is 8.20. The first-order chi connectivity index (χ1) is 17.0. The summed E-state index contributed by atoms with van der Waals surface area (Å²) in [6.45, 7) is -0.142. The lowest BCUT2D eigenvalue weighted by Gasteiger charge is -2.55. The first kappa shape index (κ1) is 22.5. The molecule has 5 aliphatic rings. The van der Waals surface area contributed by atoms with E-state index in [1.54, 1.807) is 0 Å². The van der Waals surface area contributed by atoms with Gasteiger partial charge in [-0.3, -0.25) is 9.59 Å². The number of amides is 1. The van der Waals surface area contributed by atoms with Crippen LogP contribution in [0.2, 0.25) is 0 Å². The number of fused-ring (bicyclic) bond motifs is 1. The molecule has 35 heavy (non-hydrogen) atoms. The predicted molar refractivity (Wildman–Crippen MR) is 124 cm³/mol. The summed E-state index contributed by atoms with van der Waals surface area (Å²) in [6.07, 6.45) is 5.97. The Balaban J connectivity index is 1.07. The quantitative estimate of drug-likeness (QED) is 0.602. The topological polar surface area (TPSA) is 73.9 Å². The second-order valence-corrected chi connectivity index (χ2v) is 10.8. The van der Waals surface area contributed by atoms with E-state index < -0.39 is 18.1 Å². The Labute approximate surface area is 204 Å². The van der Waals surface area contributed by atoms with Crippen LogP contribution in [0.1, 0.15) is 61.5 Å². The van der Waals surface area contributed by atoms with E-state index in [9.17, 15) is 14.0 Å². The molecule has 1 unspecified atom stereocenters. The van der Waals surface area contributed by atoms with Crippen molar-refractivity contribution in [2.24, 2.45) is 23.2 Å². The average molecular weight is 480 g/mol. The summed E-state index contributed by atoms with van der Waals surface area (Å²) in [5.41, 5.74) is 1.54. The lowest BCUT2D eigenvalue weighted by atomic mass is 9.49. The van der Waals surface area contributed by atoms with Crippen molar-refractivity contribution in [3.63, 3.8) is 0 Å². The fraction of sp³-hybridized carbons (Fsp3) is 0.500. The Morgan fingerprint density at radius 2 is 1.71 bits per heavy atom. The minimum absolute atomic E-state index is 0.0112. The van der Waals surface area contributed by atoms with Crippen LogP contribution in [0.15, 0.2) is 42.5 Å². The van der Waals surface area contributed by atoms with Gasteiger partial charge in [0, 0.05) is 22.1 Å². The van der Waals surface area contributed by atoms with Gasteiger partial charge in [0.25, 0.3) is 0 Å². The molecule has 184 valence electrons. The molecule has 7 heteroatoms. The summed E-state index contributed by atoms with van der Waals surface area (Å²) in [6, 6.07) is 12.2. The molecule has 7 rings (SSSR count). The zero-order valence-electron chi connectivity index (χ0n) is 19.6. The van der Waals surface area contributed by atoms with Crippen LogP contribution >= 0.6 is 0 Å². The number of benzene rings is 2. The molecular weight excluding hydrogens is 449 g/mol.